The second kappa shape index (κ2) is 13.5. The first kappa shape index (κ1) is 30.7. The molecule has 1 aliphatic rings. The zero-order valence-corrected chi connectivity index (χ0v) is 23.8. The van der Waals surface area contributed by atoms with E-state index >= 15 is 0 Å². The number of ether oxygens (including phenoxy) is 3. The van der Waals surface area contributed by atoms with Crippen LogP contribution in [0.5, 0.6) is 11.5 Å². The average molecular weight is 574 g/mol. The van der Waals surface area contributed by atoms with Gasteiger partial charge in [-0.25, -0.2) is 18.7 Å². The molecule has 2 aromatic rings. The van der Waals surface area contributed by atoms with Crippen LogP contribution in [-0.2, 0) is 19.4 Å². The van der Waals surface area contributed by atoms with Gasteiger partial charge in [0.25, 0.3) is 5.91 Å². The number of likely N-dealkylation sites (tertiary alicyclic amines) is 1. The van der Waals surface area contributed by atoms with Gasteiger partial charge in [-0.05, 0) is 69.7 Å². The summed E-state index contributed by atoms with van der Waals surface area (Å²) in [6, 6.07) is 11.2. The highest BCUT2D eigenvalue weighted by Crippen LogP contribution is 2.24. The monoisotopic (exact) mass is 573 g/mol. The molecule has 1 fully saturated rings. The number of benzene rings is 2. The van der Waals surface area contributed by atoms with E-state index in [0.717, 1.165) is 0 Å². The molecule has 2 aromatic carbocycles. The molecule has 0 saturated carbocycles. The third-order valence-corrected chi connectivity index (χ3v) is 7.37. The van der Waals surface area contributed by atoms with Gasteiger partial charge >= 0.3 is 6.09 Å². The van der Waals surface area contributed by atoms with E-state index in [2.05, 4.69) is 17.2 Å². The summed E-state index contributed by atoms with van der Waals surface area (Å²) < 4.78 is 42.5. The van der Waals surface area contributed by atoms with Gasteiger partial charge in [0.15, 0.2) is 9.84 Å². The van der Waals surface area contributed by atoms with Crippen molar-refractivity contribution < 1.29 is 37.4 Å². The van der Waals surface area contributed by atoms with Crippen LogP contribution in [0, 0.1) is 11.8 Å². The number of rotatable bonds is 10. The summed E-state index contributed by atoms with van der Waals surface area (Å²) in [6.45, 7) is 8.20. The van der Waals surface area contributed by atoms with Crippen molar-refractivity contribution in [2.45, 2.75) is 56.8 Å². The summed E-state index contributed by atoms with van der Waals surface area (Å²) in [6.07, 6.45) is 0.0177. The lowest BCUT2D eigenvalue weighted by Gasteiger charge is -2.24. The lowest BCUT2D eigenvalue weighted by atomic mass is 10.1. The van der Waals surface area contributed by atoms with Crippen molar-refractivity contribution in [2.24, 2.45) is 0 Å². The Morgan fingerprint density at radius 2 is 1.75 bits per heavy atom. The number of sulfone groups is 1. The summed E-state index contributed by atoms with van der Waals surface area (Å²) in [5.74, 6) is 5.06. The summed E-state index contributed by atoms with van der Waals surface area (Å²) in [5.41, 5.74) is 1.40. The van der Waals surface area contributed by atoms with Crippen LogP contribution in [-0.4, -0.2) is 67.8 Å². The van der Waals surface area contributed by atoms with Gasteiger partial charge in [0.1, 0.15) is 41.7 Å². The minimum absolute atomic E-state index is 0.0396. The largest absolute Gasteiger partial charge is 0.489 e. The molecule has 0 aromatic heterocycles. The molecule has 11 nitrogen and oxygen atoms in total. The van der Waals surface area contributed by atoms with Crippen LogP contribution in [0.2, 0.25) is 0 Å². The first-order valence-corrected chi connectivity index (χ1v) is 14.3. The Morgan fingerprint density at radius 1 is 1.10 bits per heavy atom. The SMILES string of the molecule is CC#CCOc1ccc(S(=O)(=O)CN[C@@H](C(=O)NO)c2ccc(O[C@H]3CCN(C(=O)OC(C)(C)C)C3)cc2)cc1. The maximum absolute atomic E-state index is 12.9. The summed E-state index contributed by atoms with van der Waals surface area (Å²) in [4.78, 5) is 26.3. The van der Waals surface area contributed by atoms with E-state index in [4.69, 9.17) is 14.2 Å². The van der Waals surface area contributed by atoms with Crippen molar-refractivity contribution >= 4 is 21.8 Å². The first-order valence-electron chi connectivity index (χ1n) is 12.7. The second-order valence-corrected chi connectivity index (χ2v) is 12.1. The number of hydrogen-bond acceptors (Lipinski definition) is 9. The van der Waals surface area contributed by atoms with Crippen LogP contribution >= 0.6 is 0 Å². The fourth-order valence-electron chi connectivity index (χ4n) is 3.89. The number of nitrogens with zero attached hydrogens (tertiary/aromatic N) is 1. The van der Waals surface area contributed by atoms with E-state index in [0.29, 0.717) is 36.6 Å². The summed E-state index contributed by atoms with van der Waals surface area (Å²) >= 11 is 0. The van der Waals surface area contributed by atoms with Crippen molar-refractivity contribution in [3.63, 3.8) is 0 Å². The van der Waals surface area contributed by atoms with Crippen LogP contribution in [0.3, 0.4) is 0 Å². The van der Waals surface area contributed by atoms with Gasteiger partial charge in [-0.2, -0.15) is 0 Å². The van der Waals surface area contributed by atoms with Crippen LogP contribution in [0.15, 0.2) is 53.4 Å². The zero-order chi connectivity index (χ0) is 29.3. The molecule has 40 heavy (non-hydrogen) atoms. The lowest BCUT2D eigenvalue weighted by molar-refractivity contribution is -0.131. The summed E-state index contributed by atoms with van der Waals surface area (Å²) in [7, 11) is -3.82. The minimum atomic E-state index is -3.82. The molecular formula is C28H35N3O8S. The van der Waals surface area contributed by atoms with Crippen LogP contribution < -0.4 is 20.3 Å². The molecule has 12 heteroatoms. The quantitative estimate of drug-likeness (QED) is 0.222. The van der Waals surface area contributed by atoms with E-state index in [1.807, 2.05) is 20.8 Å². The number of hydrogen-bond donors (Lipinski definition) is 3. The van der Waals surface area contributed by atoms with Gasteiger partial charge in [-0.15, -0.1) is 5.92 Å². The van der Waals surface area contributed by atoms with Gasteiger partial charge in [-0.1, -0.05) is 18.1 Å². The van der Waals surface area contributed by atoms with E-state index < -0.39 is 33.3 Å². The number of nitrogens with one attached hydrogen (secondary N) is 2. The normalized spacial score (nSPS) is 15.9. The standard InChI is InChI=1S/C28H35N3O8S/c1-5-6-17-37-21-11-13-24(14-12-21)40(35,36)19-29-25(26(32)30-34)20-7-9-22(10-8-20)38-23-15-16-31(18-23)27(33)39-28(2,3)4/h7-14,23,25,29,34H,15-19H2,1-4H3,(H,30,32)/t23-,25+/m0/s1. The molecule has 0 unspecified atom stereocenters. The molecular weight excluding hydrogens is 538 g/mol. The van der Waals surface area contributed by atoms with Crippen LogP contribution in [0.4, 0.5) is 4.79 Å². The maximum atomic E-state index is 12.9. The third-order valence-electron chi connectivity index (χ3n) is 5.83. The molecule has 2 amide bonds. The van der Waals surface area contributed by atoms with Gasteiger partial charge in [0.2, 0.25) is 0 Å². The molecule has 0 aliphatic carbocycles. The van der Waals surface area contributed by atoms with Gasteiger partial charge < -0.3 is 19.1 Å². The minimum Gasteiger partial charge on any atom is -0.489 e. The Kier molecular flexibility index (Phi) is 10.4. The predicted octanol–water partition coefficient (Wildman–Crippen LogP) is 3.04. The molecule has 2 atom stereocenters. The van der Waals surface area contributed by atoms with E-state index in [9.17, 15) is 23.2 Å². The molecule has 0 radical (unpaired) electrons. The third kappa shape index (κ3) is 8.87. The van der Waals surface area contributed by atoms with Gasteiger partial charge in [0, 0.05) is 13.0 Å². The molecule has 3 N–H and O–H groups in total. The Bertz CT molecular complexity index is 1330. The molecule has 1 aliphatic heterocycles. The van der Waals surface area contributed by atoms with Crippen molar-refractivity contribution in [1.29, 1.82) is 0 Å². The molecule has 1 heterocycles. The van der Waals surface area contributed by atoms with Crippen molar-refractivity contribution in [3.05, 3.63) is 54.1 Å². The van der Waals surface area contributed by atoms with Gasteiger partial charge in [-0.3, -0.25) is 15.3 Å². The van der Waals surface area contributed by atoms with Crippen molar-refractivity contribution in [2.75, 3.05) is 25.6 Å². The van der Waals surface area contributed by atoms with E-state index in [1.165, 1.54) is 24.3 Å². The Morgan fingerprint density at radius 3 is 2.35 bits per heavy atom. The van der Waals surface area contributed by atoms with E-state index in [1.54, 1.807) is 41.6 Å². The highest BCUT2D eigenvalue weighted by atomic mass is 32.2. The van der Waals surface area contributed by atoms with Crippen LogP contribution in [0.1, 0.15) is 45.7 Å². The summed E-state index contributed by atoms with van der Waals surface area (Å²) in [5, 5.41) is 11.9. The molecule has 0 spiro atoms. The van der Waals surface area contributed by atoms with Gasteiger partial charge in [0.05, 0.1) is 11.4 Å². The smallest absolute Gasteiger partial charge is 0.410 e. The molecule has 3 rings (SSSR count). The highest BCUT2D eigenvalue weighted by molar-refractivity contribution is 7.91. The Labute approximate surface area is 234 Å². The lowest BCUT2D eigenvalue weighted by Crippen LogP contribution is -2.38. The average Bonchev–Trinajstić information content (AvgIpc) is 3.38. The first-order chi connectivity index (χ1) is 18.9. The van der Waals surface area contributed by atoms with Crippen molar-refractivity contribution in [1.82, 2.24) is 15.7 Å². The Balaban J connectivity index is 1.61. The Hall–Kier alpha value is -3.79. The predicted molar refractivity (Wildman–Crippen MR) is 147 cm³/mol. The number of carbonyl (C=O) groups excluding carboxylic acids is 2. The topological polar surface area (TPSA) is 144 Å². The van der Waals surface area contributed by atoms with Crippen molar-refractivity contribution in [3.8, 4) is 23.3 Å². The number of carbonyl (C=O) groups is 2. The molecule has 216 valence electrons. The molecule has 1 saturated heterocycles. The fraction of sp³-hybridized carbons (Fsp3) is 0.429. The highest BCUT2D eigenvalue weighted by Gasteiger charge is 2.31. The van der Waals surface area contributed by atoms with Crippen LogP contribution in [0.25, 0.3) is 0 Å². The van der Waals surface area contributed by atoms with E-state index in [-0.39, 0.29) is 23.7 Å². The second-order valence-electron chi connectivity index (χ2n) is 10.1. The zero-order valence-electron chi connectivity index (χ0n) is 23.0. The number of amides is 2. The fourth-order valence-corrected chi connectivity index (χ4v) is 4.99. The number of hydroxylamine groups is 1. The maximum Gasteiger partial charge on any atom is 0.410 e. The molecule has 0 bridgehead atoms.